The van der Waals surface area contributed by atoms with Crippen LogP contribution in [0.15, 0.2) is 39.5 Å². The van der Waals surface area contributed by atoms with E-state index >= 15 is 0 Å². The Bertz CT molecular complexity index is 650. The van der Waals surface area contributed by atoms with E-state index in [0.29, 0.717) is 5.84 Å². The Kier molecular flexibility index (Phi) is 2.36. The molecule has 0 bridgehead atoms. The van der Waals surface area contributed by atoms with Gasteiger partial charge in [0.25, 0.3) is 5.84 Å². The molecule has 2 aliphatic heterocycles. The highest BCUT2D eigenvalue weighted by atomic mass is 35.5. The van der Waals surface area contributed by atoms with Gasteiger partial charge >= 0.3 is 0 Å². The van der Waals surface area contributed by atoms with E-state index in [1.807, 2.05) is 0 Å². The Morgan fingerprint density at radius 1 is 1.22 bits per heavy atom. The van der Waals surface area contributed by atoms with E-state index in [-0.39, 0.29) is 11.3 Å². The number of aliphatic imine (C=N–C) groups is 2. The first-order chi connectivity index (χ1) is 8.58. The van der Waals surface area contributed by atoms with Gasteiger partial charge in [-0.1, -0.05) is 0 Å². The molecule has 1 unspecified atom stereocenters. The Labute approximate surface area is 106 Å². The molecule has 0 fully saturated rings. The van der Waals surface area contributed by atoms with Crippen LogP contribution in [0.1, 0.15) is 5.56 Å². The summed E-state index contributed by atoms with van der Waals surface area (Å²) in [6.45, 7) is 0. The van der Waals surface area contributed by atoms with Crippen molar-refractivity contribution < 1.29 is 12.9 Å². The standard InChI is InChI=1S/C11H6ClF2N4/c12-18-5-10(15-4-11(18)16-6-17-18)8-2-1-7(13)3-9(8)14/h1-6H/q+1. The van der Waals surface area contributed by atoms with Gasteiger partial charge < -0.3 is 0 Å². The van der Waals surface area contributed by atoms with Crippen molar-refractivity contribution in [1.82, 2.24) is 0 Å². The van der Waals surface area contributed by atoms with Gasteiger partial charge in [-0.2, -0.15) is 4.99 Å². The molecule has 2 heterocycles. The molecule has 0 saturated heterocycles. The van der Waals surface area contributed by atoms with Crippen LogP contribution in [0.3, 0.4) is 0 Å². The Balaban J connectivity index is 2.09. The number of amidine groups is 1. The molecule has 0 saturated carbocycles. The van der Waals surface area contributed by atoms with Gasteiger partial charge in [-0.05, 0) is 21.3 Å². The van der Waals surface area contributed by atoms with Crippen LogP contribution in [0.4, 0.5) is 8.78 Å². The predicted molar refractivity (Wildman–Crippen MR) is 64.9 cm³/mol. The SMILES string of the molecule is Fc1ccc(C2=C[N+]3(Cl)N=CN=C3C=N2)c(F)c1. The minimum atomic E-state index is -0.703. The number of quaternary nitrogens is 1. The van der Waals surface area contributed by atoms with E-state index in [9.17, 15) is 8.78 Å². The number of benzene rings is 1. The maximum Gasteiger partial charge on any atom is 0.298 e. The molecule has 90 valence electrons. The predicted octanol–water partition coefficient (Wildman–Crippen LogP) is 2.67. The molecule has 0 radical (unpaired) electrons. The van der Waals surface area contributed by atoms with Crippen LogP contribution in [0, 0.1) is 11.6 Å². The lowest BCUT2D eigenvalue weighted by atomic mass is 10.1. The van der Waals surface area contributed by atoms with Crippen molar-refractivity contribution in [3.05, 3.63) is 41.6 Å². The molecule has 3 rings (SSSR count). The highest BCUT2D eigenvalue weighted by Crippen LogP contribution is 2.30. The number of rotatable bonds is 1. The van der Waals surface area contributed by atoms with Crippen LogP contribution in [0.5, 0.6) is 0 Å². The van der Waals surface area contributed by atoms with Gasteiger partial charge in [0.2, 0.25) is 11.8 Å². The van der Waals surface area contributed by atoms with Gasteiger partial charge in [0, 0.05) is 11.6 Å². The Morgan fingerprint density at radius 2 is 2.06 bits per heavy atom. The van der Waals surface area contributed by atoms with Crippen molar-refractivity contribution in [2.75, 3.05) is 0 Å². The summed E-state index contributed by atoms with van der Waals surface area (Å²) in [5.74, 6) is -0.930. The summed E-state index contributed by atoms with van der Waals surface area (Å²) in [6, 6.07) is 3.25. The highest BCUT2D eigenvalue weighted by Gasteiger charge is 2.38. The second-order valence-electron chi connectivity index (χ2n) is 3.72. The summed E-state index contributed by atoms with van der Waals surface area (Å²) in [4.78, 5) is 7.95. The molecular formula is C11H6ClF2N4+. The molecule has 1 aromatic rings. The van der Waals surface area contributed by atoms with Gasteiger partial charge in [0.05, 0.1) is 0 Å². The zero-order valence-electron chi connectivity index (χ0n) is 8.89. The molecule has 0 aromatic heterocycles. The van der Waals surface area contributed by atoms with E-state index < -0.39 is 15.7 Å². The second kappa shape index (κ2) is 3.79. The third kappa shape index (κ3) is 1.66. The van der Waals surface area contributed by atoms with E-state index in [1.54, 1.807) is 0 Å². The third-order valence-electron chi connectivity index (χ3n) is 2.55. The fraction of sp³-hybridized carbons (Fsp3) is 0. The smallest absolute Gasteiger partial charge is 0.242 e. The van der Waals surface area contributed by atoms with Crippen molar-refractivity contribution >= 4 is 35.9 Å². The minimum absolute atomic E-state index is 0.159. The fourth-order valence-corrected chi connectivity index (χ4v) is 1.89. The van der Waals surface area contributed by atoms with Crippen LogP contribution >= 0.6 is 11.8 Å². The average Bonchev–Trinajstić information content (AvgIpc) is 2.69. The van der Waals surface area contributed by atoms with Crippen molar-refractivity contribution in [3.8, 4) is 0 Å². The van der Waals surface area contributed by atoms with E-state index in [4.69, 9.17) is 11.8 Å². The van der Waals surface area contributed by atoms with E-state index in [2.05, 4.69) is 15.1 Å². The summed E-state index contributed by atoms with van der Waals surface area (Å²) < 4.78 is 26.0. The largest absolute Gasteiger partial charge is 0.298 e. The van der Waals surface area contributed by atoms with Gasteiger partial charge in [0.1, 0.15) is 23.5 Å². The number of hydrogen-bond acceptors (Lipinski definition) is 3. The molecule has 0 spiro atoms. The fourth-order valence-electron chi connectivity index (χ4n) is 1.67. The lowest BCUT2D eigenvalue weighted by molar-refractivity contribution is -0.658. The summed E-state index contributed by atoms with van der Waals surface area (Å²) in [5.41, 5.74) is 0.437. The molecule has 1 atom stereocenters. The summed E-state index contributed by atoms with van der Waals surface area (Å²) in [5, 5.41) is 3.92. The summed E-state index contributed by atoms with van der Waals surface area (Å²) >= 11 is 6.15. The molecule has 0 amide bonds. The first kappa shape index (κ1) is 11.2. The van der Waals surface area contributed by atoms with Crippen LogP contribution < -0.4 is 0 Å². The minimum Gasteiger partial charge on any atom is -0.242 e. The lowest BCUT2D eigenvalue weighted by Crippen LogP contribution is -2.34. The first-order valence-corrected chi connectivity index (χ1v) is 5.35. The van der Waals surface area contributed by atoms with E-state index in [0.717, 1.165) is 12.1 Å². The Hall–Kier alpha value is -1.92. The first-order valence-electron chi connectivity index (χ1n) is 5.02. The maximum atomic E-state index is 13.6. The number of halogens is 3. The van der Waals surface area contributed by atoms with Crippen molar-refractivity contribution in [1.29, 1.82) is 0 Å². The molecule has 1 aromatic carbocycles. The van der Waals surface area contributed by atoms with Crippen LogP contribution in [0.2, 0.25) is 0 Å². The number of fused-ring (bicyclic) bond motifs is 1. The van der Waals surface area contributed by atoms with Gasteiger partial charge in [-0.25, -0.2) is 13.8 Å². The Morgan fingerprint density at radius 3 is 2.83 bits per heavy atom. The summed E-state index contributed by atoms with van der Waals surface area (Å²) in [7, 11) is 0. The molecular weight excluding hydrogens is 262 g/mol. The number of nitrogens with zero attached hydrogens (tertiary/aromatic N) is 4. The molecule has 7 heteroatoms. The normalized spacial score (nSPS) is 24.8. The topological polar surface area (TPSA) is 37.1 Å². The van der Waals surface area contributed by atoms with E-state index in [1.165, 1.54) is 24.8 Å². The van der Waals surface area contributed by atoms with Crippen molar-refractivity contribution in [2.45, 2.75) is 0 Å². The van der Waals surface area contributed by atoms with Crippen LogP contribution in [0.25, 0.3) is 5.70 Å². The molecule has 4 nitrogen and oxygen atoms in total. The summed E-state index contributed by atoms with van der Waals surface area (Å²) in [6.07, 6.45) is 4.13. The molecule has 0 N–H and O–H groups in total. The van der Waals surface area contributed by atoms with Crippen LogP contribution in [-0.2, 0) is 0 Å². The zero-order chi connectivity index (χ0) is 12.8. The van der Waals surface area contributed by atoms with Crippen molar-refractivity contribution in [3.63, 3.8) is 0 Å². The van der Waals surface area contributed by atoms with Gasteiger partial charge in [-0.15, -0.1) is 0 Å². The maximum absolute atomic E-state index is 13.6. The molecule has 0 aliphatic carbocycles. The number of hydrogen-bond donors (Lipinski definition) is 0. The molecule has 2 aliphatic rings. The lowest BCUT2D eigenvalue weighted by Gasteiger charge is -2.16. The third-order valence-corrected chi connectivity index (χ3v) is 2.91. The quantitative estimate of drug-likeness (QED) is 0.702. The van der Waals surface area contributed by atoms with Crippen LogP contribution in [-0.4, -0.2) is 22.5 Å². The molecule has 18 heavy (non-hydrogen) atoms. The average molecular weight is 268 g/mol. The van der Waals surface area contributed by atoms with Gasteiger partial charge in [0.15, 0.2) is 12.5 Å². The van der Waals surface area contributed by atoms with Crippen molar-refractivity contribution in [2.24, 2.45) is 15.1 Å². The van der Waals surface area contributed by atoms with Gasteiger partial charge in [-0.3, -0.25) is 0 Å². The zero-order valence-corrected chi connectivity index (χ0v) is 9.64. The second-order valence-corrected chi connectivity index (χ2v) is 4.23. The highest BCUT2D eigenvalue weighted by molar-refractivity contribution is 6.35. The monoisotopic (exact) mass is 267 g/mol.